The monoisotopic (exact) mass is 268 g/mol. The van der Waals surface area contributed by atoms with Crippen molar-refractivity contribution in [3.05, 3.63) is 34.9 Å². The van der Waals surface area contributed by atoms with E-state index >= 15 is 0 Å². The van der Waals surface area contributed by atoms with Crippen LogP contribution in [0, 0.1) is 5.92 Å². The summed E-state index contributed by atoms with van der Waals surface area (Å²) in [5.74, 6) is 0.615. The molecule has 0 aromatic heterocycles. The zero-order valence-electron chi connectivity index (χ0n) is 11.9. The Labute approximate surface area is 116 Å². The molecule has 0 aliphatic heterocycles. The second-order valence-corrected chi connectivity index (χ2v) is 5.78. The lowest BCUT2D eigenvalue weighted by molar-refractivity contribution is 0.189. The summed E-state index contributed by atoms with van der Waals surface area (Å²) in [4.78, 5) is 2.32. The number of hydrogen-bond acceptors (Lipinski definition) is 2. The first-order valence-corrected chi connectivity index (χ1v) is 7.05. The third kappa shape index (κ3) is 3.98. The molecule has 2 N–H and O–H groups in total. The van der Waals surface area contributed by atoms with Gasteiger partial charge in [0.1, 0.15) is 0 Å². The van der Waals surface area contributed by atoms with Gasteiger partial charge in [-0.15, -0.1) is 0 Å². The first-order valence-electron chi connectivity index (χ1n) is 6.67. The second-order valence-electron chi connectivity index (χ2n) is 5.37. The molecule has 18 heavy (non-hydrogen) atoms. The van der Waals surface area contributed by atoms with Gasteiger partial charge in [0.15, 0.2) is 0 Å². The summed E-state index contributed by atoms with van der Waals surface area (Å²) < 4.78 is 0. The molecule has 1 rings (SSSR count). The summed E-state index contributed by atoms with van der Waals surface area (Å²) in [5, 5.41) is 0.807. The number of halogens is 1. The van der Waals surface area contributed by atoms with Gasteiger partial charge in [-0.05, 0) is 31.0 Å². The quantitative estimate of drug-likeness (QED) is 0.852. The molecule has 0 fully saturated rings. The lowest BCUT2D eigenvalue weighted by Crippen LogP contribution is -2.40. The van der Waals surface area contributed by atoms with Gasteiger partial charge in [-0.3, -0.25) is 4.90 Å². The Hall–Kier alpha value is -0.570. The molecule has 0 saturated carbocycles. The van der Waals surface area contributed by atoms with E-state index in [1.807, 2.05) is 18.2 Å². The molecular formula is C15H25ClN2. The normalized spacial score (nSPS) is 15.1. The van der Waals surface area contributed by atoms with E-state index in [-0.39, 0.29) is 12.1 Å². The van der Waals surface area contributed by atoms with E-state index in [1.54, 1.807) is 0 Å². The molecule has 1 aromatic carbocycles. The van der Waals surface area contributed by atoms with Gasteiger partial charge in [0.2, 0.25) is 0 Å². The maximum absolute atomic E-state index is 6.32. The molecule has 0 aliphatic carbocycles. The van der Waals surface area contributed by atoms with Crippen LogP contribution in [-0.2, 0) is 0 Å². The fourth-order valence-electron chi connectivity index (χ4n) is 2.42. The molecule has 2 atom stereocenters. The van der Waals surface area contributed by atoms with Crippen molar-refractivity contribution >= 4 is 11.6 Å². The van der Waals surface area contributed by atoms with E-state index in [1.165, 1.54) is 0 Å². The molecule has 0 spiro atoms. The fourth-order valence-corrected chi connectivity index (χ4v) is 2.67. The van der Waals surface area contributed by atoms with Crippen molar-refractivity contribution in [1.29, 1.82) is 0 Å². The number of nitrogens with two attached hydrogens (primary N) is 1. The topological polar surface area (TPSA) is 29.3 Å². The summed E-state index contributed by atoms with van der Waals surface area (Å²) in [6, 6.07) is 8.30. The molecule has 0 heterocycles. The smallest absolute Gasteiger partial charge is 0.0511 e. The second kappa shape index (κ2) is 7.13. The molecule has 102 valence electrons. The van der Waals surface area contributed by atoms with E-state index in [4.69, 9.17) is 17.3 Å². The van der Waals surface area contributed by atoms with Gasteiger partial charge in [-0.25, -0.2) is 0 Å². The average molecular weight is 269 g/mol. The molecule has 2 nitrogen and oxygen atoms in total. The Morgan fingerprint density at radius 3 is 2.39 bits per heavy atom. The lowest BCUT2D eigenvalue weighted by atomic mass is 9.96. The van der Waals surface area contributed by atoms with Gasteiger partial charge < -0.3 is 5.73 Å². The molecule has 0 bridgehead atoms. The molecule has 0 amide bonds. The highest BCUT2D eigenvalue weighted by Crippen LogP contribution is 2.30. The maximum Gasteiger partial charge on any atom is 0.0511 e. The number of likely N-dealkylation sites (N-methyl/N-ethyl adjacent to an activating group) is 1. The average Bonchev–Trinajstić information content (AvgIpc) is 2.30. The van der Waals surface area contributed by atoms with Crippen LogP contribution in [-0.4, -0.2) is 24.5 Å². The first-order chi connectivity index (χ1) is 8.47. The van der Waals surface area contributed by atoms with Gasteiger partial charge >= 0.3 is 0 Å². The van der Waals surface area contributed by atoms with Crippen LogP contribution in [0.3, 0.4) is 0 Å². The van der Waals surface area contributed by atoms with Crippen molar-refractivity contribution in [2.45, 2.75) is 39.3 Å². The highest BCUT2D eigenvalue weighted by molar-refractivity contribution is 6.31. The summed E-state index contributed by atoms with van der Waals surface area (Å²) in [6.45, 7) is 7.58. The number of nitrogens with zero attached hydrogens (tertiary/aromatic N) is 1. The van der Waals surface area contributed by atoms with Crippen LogP contribution in [0.5, 0.6) is 0 Å². The fraction of sp³-hybridized carbons (Fsp3) is 0.600. The van der Waals surface area contributed by atoms with Crippen molar-refractivity contribution in [1.82, 2.24) is 4.90 Å². The minimum absolute atomic E-state index is 0.105. The van der Waals surface area contributed by atoms with Crippen LogP contribution in [0.2, 0.25) is 5.02 Å². The van der Waals surface area contributed by atoms with Gasteiger partial charge in [0.05, 0.1) is 6.04 Å². The molecule has 0 saturated heterocycles. The van der Waals surface area contributed by atoms with E-state index in [2.05, 4.69) is 38.8 Å². The van der Waals surface area contributed by atoms with Crippen LogP contribution in [0.15, 0.2) is 24.3 Å². The van der Waals surface area contributed by atoms with Crippen molar-refractivity contribution < 1.29 is 0 Å². The van der Waals surface area contributed by atoms with Gasteiger partial charge in [0, 0.05) is 17.6 Å². The number of hydrogen-bond donors (Lipinski definition) is 1. The van der Waals surface area contributed by atoms with Crippen LogP contribution >= 0.6 is 11.6 Å². The highest BCUT2D eigenvalue weighted by atomic mass is 35.5. The zero-order chi connectivity index (χ0) is 13.7. The molecular weight excluding hydrogens is 244 g/mol. The van der Waals surface area contributed by atoms with Gasteiger partial charge in [0.25, 0.3) is 0 Å². The van der Waals surface area contributed by atoms with E-state index < -0.39 is 0 Å². The Kier molecular flexibility index (Phi) is 6.13. The largest absolute Gasteiger partial charge is 0.326 e. The van der Waals surface area contributed by atoms with Crippen LogP contribution in [0.4, 0.5) is 0 Å². The Morgan fingerprint density at radius 1 is 1.28 bits per heavy atom. The minimum Gasteiger partial charge on any atom is -0.326 e. The molecule has 0 aliphatic rings. The molecule has 2 unspecified atom stereocenters. The Bertz CT molecular complexity index is 365. The maximum atomic E-state index is 6.32. The summed E-state index contributed by atoms with van der Waals surface area (Å²) in [6.07, 6.45) is 0.943. The first kappa shape index (κ1) is 15.5. The predicted octanol–water partition coefficient (Wildman–Crippen LogP) is 3.71. The third-order valence-electron chi connectivity index (χ3n) is 3.23. The van der Waals surface area contributed by atoms with Crippen molar-refractivity contribution in [2.75, 3.05) is 13.6 Å². The van der Waals surface area contributed by atoms with E-state index in [9.17, 15) is 0 Å². The summed E-state index contributed by atoms with van der Waals surface area (Å²) in [7, 11) is 2.13. The number of benzene rings is 1. The van der Waals surface area contributed by atoms with Crippen LogP contribution < -0.4 is 5.73 Å². The predicted molar refractivity (Wildman–Crippen MR) is 79.9 cm³/mol. The number of rotatable bonds is 6. The SMILES string of the molecule is CCC(N)C(c1ccccc1Cl)N(C)CC(C)C. The van der Waals surface area contributed by atoms with Gasteiger partial charge in [-0.1, -0.05) is 50.6 Å². The molecule has 1 aromatic rings. The van der Waals surface area contributed by atoms with Crippen molar-refractivity contribution in [3.63, 3.8) is 0 Å². The third-order valence-corrected chi connectivity index (χ3v) is 3.57. The highest BCUT2D eigenvalue weighted by Gasteiger charge is 2.25. The lowest BCUT2D eigenvalue weighted by Gasteiger charge is -2.34. The summed E-state index contributed by atoms with van der Waals surface area (Å²) in [5.41, 5.74) is 7.43. The Morgan fingerprint density at radius 2 is 1.89 bits per heavy atom. The van der Waals surface area contributed by atoms with Crippen molar-refractivity contribution in [3.8, 4) is 0 Å². The summed E-state index contributed by atoms with van der Waals surface area (Å²) >= 11 is 6.32. The molecule has 0 radical (unpaired) electrons. The van der Waals surface area contributed by atoms with E-state index in [0.717, 1.165) is 23.6 Å². The zero-order valence-corrected chi connectivity index (χ0v) is 12.6. The van der Waals surface area contributed by atoms with Crippen LogP contribution in [0.25, 0.3) is 0 Å². The van der Waals surface area contributed by atoms with Crippen molar-refractivity contribution in [2.24, 2.45) is 11.7 Å². The van der Waals surface area contributed by atoms with E-state index in [0.29, 0.717) is 5.92 Å². The minimum atomic E-state index is 0.105. The standard InChI is InChI=1S/C15H25ClN2/c1-5-14(17)15(18(4)10-11(2)3)12-8-6-7-9-13(12)16/h6-9,11,14-15H,5,10,17H2,1-4H3. The molecule has 3 heteroatoms. The van der Waals surface area contributed by atoms with Crippen LogP contribution in [0.1, 0.15) is 38.8 Å². The Balaban J connectivity index is 3.02. The van der Waals surface area contributed by atoms with Gasteiger partial charge in [-0.2, -0.15) is 0 Å².